The van der Waals surface area contributed by atoms with Crippen LogP contribution in [0.5, 0.6) is 0 Å². The largest absolute Gasteiger partial charge is 0.366 e. The van der Waals surface area contributed by atoms with Gasteiger partial charge < -0.3 is 5.73 Å². The summed E-state index contributed by atoms with van der Waals surface area (Å²) < 4.78 is 0. The summed E-state index contributed by atoms with van der Waals surface area (Å²) in [4.78, 5) is 23.2. The van der Waals surface area contributed by atoms with Crippen molar-refractivity contribution in [2.24, 2.45) is 5.73 Å². The molecule has 3 N–H and O–H groups in total. The highest BCUT2D eigenvalue weighted by Gasteiger charge is 2.11. The van der Waals surface area contributed by atoms with Crippen molar-refractivity contribution < 1.29 is 4.79 Å². The number of aromatic nitrogens is 2. The Kier molecular flexibility index (Phi) is 3.23. The molecular formula is C16H13N3O2. The number of nitrogens with zero attached hydrogens (tertiary/aromatic N) is 1. The zero-order valence-corrected chi connectivity index (χ0v) is 11.2. The molecule has 0 aliphatic carbocycles. The van der Waals surface area contributed by atoms with Gasteiger partial charge in [-0.05, 0) is 17.7 Å². The van der Waals surface area contributed by atoms with Crippen molar-refractivity contribution in [1.82, 2.24) is 10.2 Å². The standard InChI is InChI=1S/C16H13N3O2/c17-15(20)11-6-2-1-5-10(11)9-14-12-7-3-4-8-13(12)16(21)19-18-14/h1-8H,9H2,(H2,17,20)(H,19,21). The van der Waals surface area contributed by atoms with E-state index in [1.54, 1.807) is 24.3 Å². The highest BCUT2D eigenvalue weighted by Crippen LogP contribution is 2.18. The van der Waals surface area contributed by atoms with Crippen LogP contribution in [0, 0.1) is 0 Å². The lowest BCUT2D eigenvalue weighted by Gasteiger charge is -2.08. The number of carbonyl (C=O) groups excluding carboxylic acids is 1. The Hall–Kier alpha value is -2.95. The predicted molar refractivity (Wildman–Crippen MR) is 80.1 cm³/mol. The fourth-order valence-corrected chi connectivity index (χ4v) is 2.40. The van der Waals surface area contributed by atoms with E-state index in [-0.39, 0.29) is 5.56 Å². The van der Waals surface area contributed by atoms with E-state index in [2.05, 4.69) is 10.2 Å². The highest BCUT2D eigenvalue weighted by molar-refractivity contribution is 5.94. The van der Waals surface area contributed by atoms with Crippen LogP contribution < -0.4 is 11.3 Å². The van der Waals surface area contributed by atoms with Crippen molar-refractivity contribution in [2.75, 3.05) is 0 Å². The predicted octanol–water partition coefficient (Wildman–Crippen LogP) is 1.61. The van der Waals surface area contributed by atoms with E-state index in [1.807, 2.05) is 24.3 Å². The molecule has 3 rings (SSSR count). The van der Waals surface area contributed by atoms with Gasteiger partial charge in [0, 0.05) is 17.4 Å². The number of aromatic amines is 1. The van der Waals surface area contributed by atoms with Crippen LogP contribution in [0.1, 0.15) is 21.6 Å². The molecule has 21 heavy (non-hydrogen) atoms. The number of amides is 1. The molecule has 0 aliphatic rings. The average molecular weight is 279 g/mol. The van der Waals surface area contributed by atoms with E-state index in [4.69, 9.17) is 5.73 Å². The maximum absolute atomic E-state index is 11.8. The number of nitrogens with one attached hydrogen (secondary N) is 1. The summed E-state index contributed by atoms with van der Waals surface area (Å²) in [6, 6.07) is 14.4. The van der Waals surface area contributed by atoms with E-state index in [1.165, 1.54) is 0 Å². The summed E-state index contributed by atoms with van der Waals surface area (Å²) in [7, 11) is 0. The van der Waals surface area contributed by atoms with E-state index in [0.29, 0.717) is 23.1 Å². The summed E-state index contributed by atoms with van der Waals surface area (Å²) >= 11 is 0. The summed E-state index contributed by atoms with van der Waals surface area (Å²) in [6.07, 6.45) is 0.427. The molecule has 0 saturated carbocycles. The lowest BCUT2D eigenvalue weighted by atomic mass is 10.00. The number of carbonyl (C=O) groups is 1. The molecule has 2 aromatic carbocycles. The summed E-state index contributed by atoms with van der Waals surface area (Å²) in [6.45, 7) is 0. The molecule has 1 amide bonds. The maximum Gasteiger partial charge on any atom is 0.272 e. The van der Waals surface area contributed by atoms with E-state index in [0.717, 1.165) is 10.9 Å². The van der Waals surface area contributed by atoms with Crippen LogP contribution in [-0.4, -0.2) is 16.1 Å². The zero-order chi connectivity index (χ0) is 14.8. The molecule has 0 unspecified atom stereocenters. The minimum atomic E-state index is -0.473. The van der Waals surface area contributed by atoms with E-state index in [9.17, 15) is 9.59 Å². The molecule has 0 radical (unpaired) electrons. The molecule has 1 aromatic heterocycles. The first kappa shape index (κ1) is 13.1. The van der Waals surface area contributed by atoms with Crippen LogP contribution in [-0.2, 0) is 6.42 Å². The van der Waals surface area contributed by atoms with Gasteiger partial charge in [0.15, 0.2) is 0 Å². The molecule has 0 bridgehead atoms. The number of hydrogen-bond donors (Lipinski definition) is 2. The first-order valence-electron chi connectivity index (χ1n) is 6.51. The Morgan fingerprint density at radius 2 is 1.71 bits per heavy atom. The van der Waals surface area contributed by atoms with Gasteiger partial charge in [-0.1, -0.05) is 36.4 Å². The van der Waals surface area contributed by atoms with Gasteiger partial charge in [-0.25, -0.2) is 5.10 Å². The summed E-state index contributed by atoms with van der Waals surface area (Å²) in [5.41, 5.74) is 7.12. The molecule has 5 heteroatoms. The van der Waals surface area contributed by atoms with Crippen molar-refractivity contribution in [2.45, 2.75) is 6.42 Å². The lowest BCUT2D eigenvalue weighted by molar-refractivity contribution is 0.0999. The lowest BCUT2D eigenvalue weighted by Crippen LogP contribution is -2.15. The molecule has 0 atom stereocenters. The van der Waals surface area contributed by atoms with Crippen molar-refractivity contribution >= 4 is 16.7 Å². The third-order valence-electron chi connectivity index (χ3n) is 3.42. The van der Waals surface area contributed by atoms with Gasteiger partial charge >= 0.3 is 0 Å². The minimum absolute atomic E-state index is 0.225. The van der Waals surface area contributed by atoms with Crippen molar-refractivity contribution in [3.63, 3.8) is 0 Å². The third-order valence-corrected chi connectivity index (χ3v) is 3.42. The van der Waals surface area contributed by atoms with Crippen molar-refractivity contribution in [3.8, 4) is 0 Å². The van der Waals surface area contributed by atoms with Crippen LogP contribution in [0.4, 0.5) is 0 Å². The molecule has 5 nitrogen and oxygen atoms in total. The molecule has 3 aromatic rings. The average Bonchev–Trinajstić information content (AvgIpc) is 2.51. The number of rotatable bonds is 3. The number of nitrogens with two attached hydrogens (primary N) is 1. The van der Waals surface area contributed by atoms with Gasteiger partial charge in [0.2, 0.25) is 5.91 Å². The Morgan fingerprint density at radius 3 is 2.48 bits per heavy atom. The van der Waals surface area contributed by atoms with Gasteiger partial charge in [0.05, 0.1) is 11.1 Å². The number of fused-ring (bicyclic) bond motifs is 1. The van der Waals surface area contributed by atoms with Gasteiger partial charge in [0.1, 0.15) is 0 Å². The van der Waals surface area contributed by atoms with Crippen molar-refractivity contribution in [1.29, 1.82) is 0 Å². The van der Waals surface area contributed by atoms with Crippen LogP contribution in [0.25, 0.3) is 10.8 Å². The Bertz CT molecular complexity index is 884. The first-order chi connectivity index (χ1) is 10.2. The number of H-pyrrole nitrogens is 1. The summed E-state index contributed by atoms with van der Waals surface area (Å²) in [5.74, 6) is -0.473. The number of benzene rings is 2. The summed E-state index contributed by atoms with van der Waals surface area (Å²) in [5, 5.41) is 7.96. The van der Waals surface area contributed by atoms with Crippen LogP contribution in [0.2, 0.25) is 0 Å². The van der Waals surface area contributed by atoms with Crippen LogP contribution in [0.15, 0.2) is 53.3 Å². The Morgan fingerprint density at radius 1 is 1.05 bits per heavy atom. The zero-order valence-electron chi connectivity index (χ0n) is 11.2. The number of primary amides is 1. The molecule has 0 saturated heterocycles. The van der Waals surface area contributed by atoms with Crippen LogP contribution in [0.3, 0.4) is 0 Å². The molecular weight excluding hydrogens is 266 g/mol. The minimum Gasteiger partial charge on any atom is -0.366 e. The quantitative estimate of drug-likeness (QED) is 0.763. The van der Waals surface area contributed by atoms with Gasteiger partial charge in [-0.3, -0.25) is 9.59 Å². The normalized spacial score (nSPS) is 10.7. The first-order valence-corrected chi connectivity index (χ1v) is 6.51. The van der Waals surface area contributed by atoms with Gasteiger partial charge in [-0.15, -0.1) is 0 Å². The van der Waals surface area contributed by atoms with Gasteiger partial charge in [-0.2, -0.15) is 5.10 Å². The van der Waals surface area contributed by atoms with Crippen molar-refractivity contribution in [3.05, 3.63) is 75.7 Å². The molecule has 0 fully saturated rings. The SMILES string of the molecule is NC(=O)c1ccccc1Cc1n[nH]c(=O)c2ccccc12. The third kappa shape index (κ3) is 2.41. The molecule has 0 spiro atoms. The molecule has 104 valence electrons. The highest BCUT2D eigenvalue weighted by atomic mass is 16.1. The monoisotopic (exact) mass is 279 g/mol. The molecule has 0 aliphatic heterocycles. The molecule has 1 heterocycles. The second-order valence-corrected chi connectivity index (χ2v) is 4.74. The van der Waals surface area contributed by atoms with Gasteiger partial charge in [0.25, 0.3) is 5.56 Å². The Balaban J connectivity index is 2.14. The fraction of sp³-hybridized carbons (Fsp3) is 0.0625. The fourth-order valence-electron chi connectivity index (χ4n) is 2.40. The second kappa shape index (κ2) is 5.20. The smallest absolute Gasteiger partial charge is 0.272 e. The van der Waals surface area contributed by atoms with E-state index < -0.39 is 5.91 Å². The van der Waals surface area contributed by atoms with E-state index >= 15 is 0 Å². The second-order valence-electron chi connectivity index (χ2n) is 4.74. The number of hydrogen-bond acceptors (Lipinski definition) is 3. The van der Waals surface area contributed by atoms with Crippen LogP contribution >= 0.6 is 0 Å². The Labute approximate surface area is 120 Å². The maximum atomic E-state index is 11.8. The topological polar surface area (TPSA) is 88.8 Å².